The van der Waals surface area contributed by atoms with Crippen molar-refractivity contribution >= 4 is 16.6 Å². The summed E-state index contributed by atoms with van der Waals surface area (Å²) in [5.41, 5.74) is 2.35. The van der Waals surface area contributed by atoms with Crippen LogP contribution in [0.15, 0.2) is 59.0 Å². The molecule has 2 heterocycles. The molecule has 1 aromatic carbocycles. The van der Waals surface area contributed by atoms with E-state index in [1.165, 1.54) is 0 Å². The Balaban J connectivity index is 1.87. The van der Waals surface area contributed by atoms with Crippen molar-refractivity contribution in [1.82, 2.24) is 9.97 Å². The zero-order chi connectivity index (χ0) is 13.1. The number of hydrogen-bond donors (Lipinski definition) is 2. The largest absolute Gasteiger partial charge is 0.493 e. The molecule has 19 heavy (non-hydrogen) atoms. The van der Waals surface area contributed by atoms with E-state index in [-0.39, 0.29) is 5.88 Å². The van der Waals surface area contributed by atoms with E-state index in [4.69, 9.17) is 0 Å². The van der Waals surface area contributed by atoms with Crippen molar-refractivity contribution in [3.8, 4) is 5.88 Å². The third-order valence-corrected chi connectivity index (χ3v) is 2.83. The lowest BCUT2D eigenvalue weighted by atomic mass is 10.2. The van der Waals surface area contributed by atoms with Crippen molar-refractivity contribution in [1.29, 1.82) is 0 Å². The van der Waals surface area contributed by atoms with Crippen molar-refractivity contribution in [3.63, 3.8) is 0 Å². The predicted molar refractivity (Wildman–Crippen MR) is 72.4 cm³/mol. The highest BCUT2D eigenvalue weighted by atomic mass is 16.3. The molecule has 3 rings (SSSR count). The standard InChI is InChI=1S/C14H12N4O/c19-14-13(11-3-1-2-4-12(11)17-14)18-16-9-10-5-7-15-8-6-10/h1-8,17,19H,9H2. The molecule has 0 bridgehead atoms. The van der Waals surface area contributed by atoms with E-state index in [1.54, 1.807) is 12.4 Å². The van der Waals surface area contributed by atoms with E-state index >= 15 is 0 Å². The van der Waals surface area contributed by atoms with Gasteiger partial charge in [-0.15, -0.1) is 5.11 Å². The monoisotopic (exact) mass is 252 g/mol. The van der Waals surface area contributed by atoms with Crippen molar-refractivity contribution in [3.05, 3.63) is 54.4 Å². The van der Waals surface area contributed by atoms with E-state index in [0.29, 0.717) is 12.2 Å². The smallest absolute Gasteiger partial charge is 0.218 e. The van der Waals surface area contributed by atoms with Gasteiger partial charge in [0.1, 0.15) is 0 Å². The first kappa shape index (κ1) is 11.4. The second-order valence-electron chi connectivity index (χ2n) is 4.12. The summed E-state index contributed by atoms with van der Waals surface area (Å²) in [5.74, 6) is 0.0414. The maximum absolute atomic E-state index is 9.81. The van der Waals surface area contributed by atoms with E-state index < -0.39 is 0 Å². The molecule has 0 saturated carbocycles. The summed E-state index contributed by atoms with van der Waals surface area (Å²) in [4.78, 5) is 6.81. The maximum atomic E-state index is 9.81. The van der Waals surface area contributed by atoms with Crippen LogP contribution < -0.4 is 0 Å². The van der Waals surface area contributed by atoms with Gasteiger partial charge in [0.05, 0.1) is 12.1 Å². The number of azo groups is 1. The third kappa shape index (κ3) is 2.30. The Labute approximate surface area is 109 Å². The fourth-order valence-corrected chi connectivity index (χ4v) is 1.89. The minimum absolute atomic E-state index is 0.0414. The summed E-state index contributed by atoms with van der Waals surface area (Å²) in [6.45, 7) is 0.460. The molecule has 3 aromatic rings. The molecule has 0 atom stereocenters. The average Bonchev–Trinajstić information content (AvgIpc) is 2.76. The lowest BCUT2D eigenvalue weighted by Crippen LogP contribution is -1.79. The Kier molecular flexibility index (Phi) is 2.94. The van der Waals surface area contributed by atoms with Crippen LogP contribution in [0.2, 0.25) is 0 Å². The number of nitrogens with zero attached hydrogens (tertiary/aromatic N) is 3. The van der Waals surface area contributed by atoms with E-state index in [2.05, 4.69) is 20.2 Å². The molecular weight excluding hydrogens is 240 g/mol. The number of hydrogen-bond acceptors (Lipinski definition) is 4. The van der Waals surface area contributed by atoms with Crippen LogP contribution in [0.1, 0.15) is 5.56 Å². The fraction of sp³-hybridized carbons (Fsp3) is 0.0714. The van der Waals surface area contributed by atoms with Gasteiger partial charge < -0.3 is 10.1 Å². The molecule has 5 nitrogen and oxygen atoms in total. The second kappa shape index (κ2) is 4.89. The first-order valence-electron chi connectivity index (χ1n) is 5.90. The zero-order valence-electron chi connectivity index (χ0n) is 10.1. The van der Waals surface area contributed by atoms with E-state index in [0.717, 1.165) is 16.5 Å². The molecule has 0 aliphatic rings. The van der Waals surface area contributed by atoms with Crippen LogP contribution in [-0.4, -0.2) is 15.1 Å². The molecule has 0 fully saturated rings. The SMILES string of the molecule is Oc1[nH]c2ccccc2c1N=NCc1ccncc1. The lowest BCUT2D eigenvalue weighted by Gasteiger charge is -1.94. The number of nitrogens with one attached hydrogen (secondary N) is 1. The second-order valence-corrected chi connectivity index (χ2v) is 4.12. The van der Waals surface area contributed by atoms with Gasteiger partial charge >= 0.3 is 0 Å². The number of aromatic nitrogens is 2. The van der Waals surface area contributed by atoms with Gasteiger partial charge in [0.15, 0.2) is 5.69 Å². The summed E-state index contributed by atoms with van der Waals surface area (Å²) < 4.78 is 0. The van der Waals surface area contributed by atoms with Crippen molar-refractivity contribution in [2.75, 3.05) is 0 Å². The molecule has 0 aliphatic carbocycles. The van der Waals surface area contributed by atoms with Crippen molar-refractivity contribution in [2.24, 2.45) is 10.2 Å². The summed E-state index contributed by atoms with van der Waals surface area (Å²) >= 11 is 0. The highest BCUT2D eigenvalue weighted by Gasteiger charge is 2.08. The van der Waals surface area contributed by atoms with Crippen LogP contribution in [-0.2, 0) is 6.54 Å². The van der Waals surface area contributed by atoms with Gasteiger partial charge in [-0.25, -0.2) is 0 Å². The molecule has 0 spiro atoms. The molecule has 2 N–H and O–H groups in total. The van der Waals surface area contributed by atoms with Gasteiger partial charge in [0, 0.05) is 17.8 Å². The Bertz CT molecular complexity index is 719. The van der Waals surface area contributed by atoms with Crippen LogP contribution in [0.4, 0.5) is 5.69 Å². The Morgan fingerprint density at radius 3 is 2.74 bits per heavy atom. The van der Waals surface area contributed by atoms with Gasteiger partial charge in [0.25, 0.3) is 0 Å². The van der Waals surface area contributed by atoms with Crippen LogP contribution in [0.3, 0.4) is 0 Å². The first-order chi connectivity index (χ1) is 9.34. The van der Waals surface area contributed by atoms with Crippen LogP contribution >= 0.6 is 0 Å². The summed E-state index contributed by atoms with van der Waals surface area (Å²) in [7, 11) is 0. The highest BCUT2D eigenvalue weighted by Crippen LogP contribution is 2.35. The van der Waals surface area contributed by atoms with E-state index in [1.807, 2.05) is 36.4 Å². The molecule has 5 heteroatoms. The first-order valence-corrected chi connectivity index (χ1v) is 5.90. The third-order valence-electron chi connectivity index (χ3n) is 2.83. The fourth-order valence-electron chi connectivity index (χ4n) is 1.89. The van der Waals surface area contributed by atoms with Crippen molar-refractivity contribution in [2.45, 2.75) is 6.54 Å². The number of aromatic amines is 1. The number of para-hydroxylation sites is 1. The van der Waals surface area contributed by atoms with Gasteiger partial charge in [-0.3, -0.25) is 4.98 Å². The molecule has 0 amide bonds. The summed E-state index contributed by atoms with van der Waals surface area (Å²) in [6, 6.07) is 11.3. The molecule has 0 unspecified atom stereocenters. The molecule has 0 saturated heterocycles. The van der Waals surface area contributed by atoms with Crippen LogP contribution in [0.25, 0.3) is 10.9 Å². The molecule has 0 radical (unpaired) electrons. The quantitative estimate of drug-likeness (QED) is 0.699. The predicted octanol–water partition coefficient (Wildman–Crippen LogP) is 3.55. The topological polar surface area (TPSA) is 73.6 Å². The minimum atomic E-state index is 0.0414. The van der Waals surface area contributed by atoms with Gasteiger partial charge in [0.2, 0.25) is 5.88 Å². The van der Waals surface area contributed by atoms with Crippen molar-refractivity contribution < 1.29 is 5.11 Å². The number of fused-ring (bicyclic) bond motifs is 1. The Hall–Kier alpha value is -2.69. The van der Waals surface area contributed by atoms with Crippen LogP contribution in [0, 0.1) is 0 Å². The number of benzene rings is 1. The summed E-state index contributed by atoms with van der Waals surface area (Å²) in [5, 5.41) is 18.9. The number of pyridine rings is 1. The number of aromatic hydroxyl groups is 1. The van der Waals surface area contributed by atoms with Crippen LogP contribution in [0.5, 0.6) is 5.88 Å². The van der Waals surface area contributed by atoms with Gasteiger partial charge in [-0.05, 0) is 23.8 Å². The Morgan fingerprint density at radius 2 is 1.89 bits per heavy atom. The normalized spacial score (nSPS) is 11.4. The summed E-state index contributed by atoms with van der Waals surface area (Å²) in [6.07, 6.45) is 3.43. The van der Waals surface area contributed by atoms with E-state index in [9.17, 15) is 5.11 Å². The molecular formula is C14H12N4O. The highest BCUT2D eigenvalue weighted by molar-refractivity contribution is 5.93. The molecule has 2 aromatic heterocycles. The molecule has 0 aliphatic heterocycles. The molecule has 94 valence electrons. The number of H-pyrrole nitrogens is 1. The number of rotatable bonds is 3. The average molecular weight is 252 g/mol. The zero-order valence-corrected chi connectivity index (χ0v) is 10.1. The Morgan fingerprint density at radius 1 is 1.11 bits per heavy atom. The van der Waals surface area contributed by atoms with Gasteiger partial charge in [-0.1, -0.05) is 18.2 Å². The maximum Gasteiger partial charge on any atom is 0.218 e. The minimum Gasteiger partial charge on any atom is -0.493 e. The van der Waals surface area contributed by atoms with Gasteiger partial charge in [-0.2, -0.15) is 5.11 Å². The lowest BCUT2D eigenvalue weighted by molar-refractivity contribution is 0.459.